The SMILES string of the molecule is CCOC(=O)c1sc(NC(=O)c2cc(=O)[nH]c3ccccc23)cc1C. The maximum absolute atomic E-state index is 12.6. The van der Waals surface area contributed by atoms with Crippen LogP contribution >= 0.6 is 11.3 Å². The summed E-state index contributed by atoms with van der Waals surface area (Å²) in [4.78, 5) is 39.4. The largest absolute Gasteiger partial charge is 0.462 e. The number of amides is 1. The number of hydrogen-bond acceptors (Lipinski definition) is 5. The Kier molecular flexibility index (Phi) is 4.67. The number of aryl methyl sites for hydroxylation is 1. The third-order valence-corrected chi connectivity index (χ3v) is 4.74. The molecule has 2 heterocycles. The number of aromatic nitrogens is 1. The molecule has 2 aromatic heterocycles. The topological polar surface area (TPSA) is 88.3 Å². The van der Waals surface area contributed by atoms with Gasteiger partial charge in [-0.3, -0.25) is 9.59 Å². The number of pyridine rings is 1. The Morgan fingerprint density at radius 3 is 2.76 bits per heavy atom. The van der Waals surface area contributed by atoms with E-state index in [-0.39, 0.29) is 17.7 Å². The molecule has 0 aliphatic carbocycles. The first-order valence-corrected chi connectivity index (χ1v) is 8.52. The smallest absolute Gasteiger partial charge is 0.348 e. The van der Waals surface area contributed by atoms with Gasteiger partial charge in [0, 0.05) is 17.0 Å². The van der Waals surface area contributed by atoms with E-state index in [1.807, 2.05) is 0 Å². The van der Waals surface area contributed by atoms with E-state index in [0.29, 0.717) is 20.8 Å². The van der Waals surface area contributed by atoms with Crippen LogP contribution in [0, 0.1) is 6.92 Å². The number of benzene rings is 1. The number of nitrogens with one attached hydrogen (secondary N) is 2. The van der Waals surface area contributed by atoms with Gasteiger partial charge in [0.1, 0.15) is 4.88 Å². The second kappa shape index (κ2) is 6.90. The predicted molar refractivity (Wildman–Crippen MR) is 97.5 cm³/mol. The summed E-state index contributed by atoms with van der Waals surface area (Å²) in [5.74, 6) is -0.814. The summed E-state index contributed by atoms with van der Waals surface area (Å²) in [6, 6.07) is 10.1. The first-order chi connectivity index (χ1) is 12.0. The van der Waals surface area contributed by atoms with E-state index in [0.717, 1.165) is 16.9 Å². The van der Waals surface area contributed by atoms with E-state index < -0.39 is 11.9 Å². The van der Waals surface area contributed by atoms with E-state index in [9.17, 15) is 14.4 Å². The number of para-hydroxylation sites is 1. The van der Waals surface area contributed by atoms with Crippen LogP contribution in [-0.4, -0.2) is 23.5 Å². The molecule has 2 N–H and O–H groups in total. The van der Waals surface area contributed by atoms with Crippen LogP contribution in [0.3, 0.4) is 0 Å². The molecule has 3 rings (SSSR count). The van der Waals surface area contributed by atoms with Crippen LogP contribution in [0.5, 0.6) is 0 Å². The molecule has 1 aromatic carbocycles. The Labute approximate surface area is 147 Å². The van der Waals surface area contributed by atoms with Crippen LogP contribution < -0.4 is 10.9 Å². The summed E-state index contributed by atoms with van der Waals surface area (Å²) in [5.41, 5.74) is 1.26. The van der Waals surface area contributed by atoms with E-state index in [1.165, 1.54) is 6.07 Å². The van der Waals surface area contributed by atoms with Crippen molar-refractivity contribution in [2.45, 2.75) is 13.8 Å². The minimum atomic E-state index is -0.410. The summed E-state index contributed by atoms with van der Waals surface area (Å²) in [6.45, 7) is 3.80. The van der Waals surface area contributed by atoms with Crippen molar-refractivity contribution in [1.82, 2.24) is 4.98 Å². The second-order valence-corrected chi connectivity index (χ2v) is 6.44. The zero-order valence-corrected chi connectivity index (χ0v) is 14.5. The second-order valence-electron chi connectivity index (χ2n) is 5.39. The van der Waals surface area contributed by atoms with Crippen LogP contribution in [0.4, 0.5) is 5.00 Å². The third kappa shape index (κ3) is 3.46. The zero-order valence-electron chi connectivity index (χ0n) is 13.7. The lowest BCUT2D eigenvalue weighted by Gasteiger charge is -2.06. The number of anilines is 1. The number of ether oxygens (including phenoxy) is 1. The summed E-state index contributed by atoms with van der Waals surface area (Å²) in [6.07, 6.45) is 0. The third-order valence-electron chi connectivity index (χ3n) is 3.61. The normalized spacial score (nSPS) is 10.6. The molecule has 1 amide bonds. The highest BCUT2D eigenvalue weighted by molar-refractivity contribution is 7.18. The van der Waals surface area contributed by atoms with Gasteiger partial charge < -0.3 is 15.0 Å². The minimum Gasteiger partial charge on any atom is -0.462 e. The Balaban J connectivity index is 1.92. The Hall–Kier alpha value is -2.93. The van der Waals surface area contributed by atoms with E-state index in [4.69, 9.17) is 4.74 Å². The molecule has 0 radical (unpaired) electrons. The summed E-state index contributed by atoms with van der Waals surface area (Å²) >= 11 is 1.15. The number of aromatic amines is 1. The molecule has 0 fully saturated rings. The fraction of sp³-hybridized carbons (Fsp3) is 0.167. The van der Waals surface area contributed by atoms with Crippen molar-refractivity contribution in [2.75, 3.05) is 11.9 Å². The van der Waals surface area contributed by atoms with E-state index in [2.05, 4.69) is 10.3 Å². The highest BCUT2D eigenvalue weighted by atomic mass is 32.1. The van der Waals surface area contributed by atoms with Crippen LogP contribution in [0.25, 0.3) is 10.9 Å². The maximum atomic E-state index is 12.6. The molecule has 0 atom stereocenters. The lowest BCUT2D eigenvalue weighted by molar-refractivity contribution is 0.0531. The predicted octanol–water partition coefficient (Wildman–Crippen LogP) is 3.33. The molecule has 0 unspecified atom stereocenters. The number of esters is 1. The quantitative estimate of drug-likeness (QED) is 0.702. The van der Waals surface area contributed by atoms with Crippen LogP contribution in [0.15, 0.2) is 41.2 Å². The molecule has 0 bridgehead atoms. The molecule has 128 valence electrons. The van der Waals surface area contributed by atoms with Gasteiger partial charge in [-0.05, 0) is 31.5 Å². The molecule has 3 aromatic rings. The van der Waals surface area contributed by atoms with Crippen molar-refractivity contribution in [3.05, 3.63) is 62.8 Å². The van der Waals surface area contributed by atoms with Crippen molar-refractivity contribution in [1.29, 1.82) is 0 Å². The van der Waals surface area contributed by atoms with E-state index in [1.54, 1.807) is 44.2 Å². The van der Waals surface area contributed by atoms with E-state index >= 15 is 0 Å². The van der Waals surface area contributed by atoms with Crippen LogP contribution in [-0.2, 0) is 4.74 Å². The number of fused-ring (bicyclic) bond motifs is 1. The van der Waals surface area contributed by atoms with Crippen molar-refractivity contribution in [3.8, 4) is 0 Å². The number of carbonyl (C=O) groups is 2. The van der Waals surface area contributed by atoms with Gasteiger partial charge in [-0.15, -0.1) is 11.3 Å². The molecule has 6 nitrogen and oxygen atoms in total. The molecule has 0 aliphatic rings. The Morgan fingerprint density at radius 2 is 2.00 bits per heavy atom. The van der Waals surface area contributed by atoms with Gasteiger partial charge in [0.25, 0.3) is 5.91 Å². The fourth-order valence-corrected chi connectivity index (χ4v) is 3.48. The summed E-state index contributed by atoms with van der Waals surface area (Å²) in [7, 11) is 0. The molecule has 25 heavy (non-hydrogen) atoms. The molecular weight excluding hydrogens is 340 g/mol. The molecule has 0 aliphatic heterocycles. The van der Waals surface area contributed by atoms with Gasteiger partial charge in [-0.2, -0.15) is 0 Å². The number of rotatable bonds is 4. The molecule has 0 saturated heterocycles. The molecule has 7 heteroatoms. The highest BCUT2D eigenvalue weighted by Gasteiger charge is 2.17. The van der Waals surface area contributed by atoms with Gasteiger partial charge >= 0.3 is 5.97 Å². The van der Waals surface area contributed by atoms with Crippen molar-refractivity contribution in [3.63, 3.8) is 0 Å². The number of thiophene rings is 1. The first-order valence-electron chi connectivity index (χ1n) is 7.70. The lowest BCUT2D eigenvalue weighted by atomic mass is 10.1. The van der Waals surface area contributed by atoms with Gasteiger partial charge in [-0.1, -0.05) is 18.2 Å². The average Bonchev–Trinajstić information content (AvgIpc) is 2.94. The van der Waals surface area contributed by atoms with Crippen molar-refractivity contribution >= 4 is 39.1 Å². The molecule has 0 spiro atoms. The minimum absolute atomic E-state index is 0.281. The average molecular weight is 356 g/mol. The summed E-state index contributed by atoms with van der Waals surface area (Å²) < 4.78 is 5.00. The molecular formula is C18H16N2O4S. The monoisotopic (exact) mass is 356 g/mol. The Morgan fingerprint density at radius 1 is 1.24 bits per heavy atom. The highest BCUT2D eigenvalue weighted by Crippen LogP contribution is 2.28. The standard InChI is InChI=1S/C18H16N2O4S/c1-3-24-18(23)16-10(2)8-15(25-16)20-17(22)12-9-14(21)19-13-7-5-4-6-11(12)13/h4-9H,3H2,1-2H3,(H,19,21)(H,20,22). The van der Waals surface area contributed by atoms with Crippen LogP contribution in [0.2, 0.25) is 0 Å². The van der Waals surface area contributed by atoms with Gasteiger partial charge in [0.2, 0.25) is 5.56 Å². The first kappa shape index (κ1) is 16.9. The van der Waals surface area contributed by atoms with Gasteiger partial charge in [0.05, 0.1) is 17.2 Å². The Bertz CT molecular complexity index is 1020. The number of hydrogen-bond donors (Lipinski definition) is 2. The zero-order chi connectivity index (χ0) is 18.0. The maximum Gasteiger partial charge on any atom is 0.348 e. The lowest BCUT2D eigenvalue weighted by Crippen LogP contribution is -2.16. The van der Waals surface area contributed by atoms with Gasteiger partial charge in [0.15, 0.2) is 0 Å². The number of H-pyrrole nitrogens is 1. The van der Waals surface area contributed by atoms with Crippen molar-refractivity contribution in [2.24, 2.45) is 0 Å². The fourth-order valence-electron chi connectivity index (χ4n) is 2.51. The summed E-state index contributed by atoms with van der Waals surface area (Å²) in [5, 5.41) is 3.93. The van der Waals surface area contributed by atoms with Crippen LogP contribution in [0.1, 0.15) is 32.5 Å². The van der Waals surface area contributed by atoms with Crippen molar-refractivity contribution < 1.29 is 14.3 Å². The van der Waals surface area contributed by atoms with Gasteiger partial charge in [-0.25, -0.2) is 4.79 Å². The number of carbonyl (C=O) groups excluding carboxylic acids is 2. The molecule has 0 saturated carbocycles.